The summed E-state index contributed by atoms with van der Waals surface area (Å²) in [5.74, 6) is -4.89. The van der Waals surface area contributed by atoms with Gasteiger partial charge in [-0.1, -0.05) is 29.8 Å². The molecule has 2 amide bonds. The van der Waals surface area contributed by atoms with E-state index in [1.807, 2.05) is 0 Å². The SMILES string of the molecule is COC(=O)c1ccc(C2NC(C)(C(=O)O)C3C(=O)N(c4ccc(C)c(Cl)c4)C(=O)C23)cc1. The first-order valence-corrected chi connectivity index (χ1v) is 10.3. The average Bonchev–Trinajstić information content (AvgIpc) is 3.23. The lowest BCUT2D eigenvalue weighted by atomic mass is 9.80. The Balaban J connectivity index is 1.78. The summed E-state index contributed by atoms with van der Waals surface area (Å²) >= 11 is 6.20. The number of nitrogens with one attached hydrogen (secondary N) is 1. The zero-order chi connectivity index (χ0) is 23.4. The van der Waals surface area contributed by atoms with Gasteiger partial charge in [0, 0.05) is 11.1 Å². The maximum Gasteiger partial charge on any atom is 0.337 e. The maximum atomic E-state index is 13.5. The molecule has 8 nitrogen and oxygen atoms in total. The smallest absolute Gasteiger partial charge is 0.337 e. The molecule has 4 unspecified atom stereocenters. The molecule has 9 heteroatoms. The van der Waals surface area contributed by atoms with Crippen LogP contribution in [0.25, 0.3) is 0 Å². The topological polar surface area (TPSA) is 113 Å². The number of ether oxygens (including phenoxy) is 1. The molecular formula is C23H21ClN2O6. The Morgan fingerprint density at radius 2 is 1.78 bits per heavy atom. The molecule has 2 aliphatic heterocycles. The van der Waals surface area contributed by atoms with Gasteiger partial charge in [0.2, 0.25) is 11.8 Å². The van der Waals surface area contributed by atoms with E-state index in [0.29, 0.717) is 21.8 Å². The van der Waals surface area contributed by atoms with Crippen LogP contribution in [-0.4, -0.2) is 41.5 Å². The van der Waals surface area contributed by atoms with Crippen LogP contribution in [0.5, 0.6) is 0 Å². The highest BCUT2D eigenvalue weighted by Gasteiger charge is 2.66. The Kier molecular flexibility index (Phi) is 5.30. The van der Waals surface area contributed by atoms with Crippen LogP contribution in [0, 0.1) is 18.8 Å². The number of imide groups is 1. The number of methoxy groups -OCH3 is 1. The molecule has 0 aromatic heterocycles. The van der Waals surface area contributed by atoms with Crippen molar-refractivity contribution in [2.24, 2.45) is 11.8 Å². The lowest BCUT2D eigenvalue weighted by molar-refractivity contribution is -0.147. The first-order chi connectivity index (χ1) is 15.1. The minimum Gasteiger partial charge on any atom is -0.480 e. The number of fused-ring (bicyclic) bond motifs is 1. The van der Waals surface area contributed by atoms with E-state index < -0.39 is 47.2 Å². The number of benzene rings is 2. The molecule has 32 heavy (non-hydrogen) atoms. The van der Waals surface area contributed by atoms with Gasteiger partial charge in [0.15, 0.2) is 0 Å². The standard InChI is InChI=1S/C23H21ClN2O6/c1-11-4-9-14(10-15(11)24)26-19(27)16-17(20(26)28)23(2,22(30)31)25-18(16)12-5-7-13(8-6-12)21(29)32-3/h4-10,16-18,25H,1-3H3,(H,30,31). The molecule has 2 N–H and O–H groups in total. The van der Waals surface area contributed by atoms with Crippen molar-refractivity contribution in [2.45, 2.75) is 25.4 Å². The molecule has 0 spiro atoms. The van der Waals surface area contributed by atoms with Crippen molar-refractivity contribution in [1.29, 1.82) is 0 Å². The van der Waals surface area contributed by atoms with Gasteiger partial charge in [-0.05, 0) is 49.2 Å². The number of rotatable bonds is 4. The molecule has 0 aliphatic carbocycles. The van der Waals surface area contributed by atoms with E-state index in [4.69, 9.17) is 16.3 Å². The second-order valence-electron chi connectivity index (χ2n) is 8.19. The van der Waals surface area contributed by atoms with Crippen LogP contribution in [0.3, 0.4) is 0 Å². The second kappa shape index (κ2) is 7.72. The molecule has 4 rings (SSSR count). The first kappa shape index (κ1) is 22.0. The summed E-state index contributed by atoms with van der Waals surface area (Å²) in [4.78, 5) is 51.8. The summed E-state index contributed by atoms with van der Waals surface area (Å²) in [6.07, 6.45) is 0. The second-order valence-corrected chi connectivity index (χ2v) is 8.60. The Morgan fingerprint density at radius 3 is 2.34 bits per heavy atom. The number of carboxylic acid groups (broad SMARTS) is 1. The summed E-state index contributed by atoms with van der Waals surface area (Å²) in [5, 5.41) is 13.3. The first-order valence-electron chi connectivity index (χ1n) is 9.93. The van der Waals surface area contributed by atoms with Crippen LogP contribution in [0.15, 0.2) is 42.5 Å². The molecule has 0 radical (unpaired) electrons. The molecule has 2 saturated heterocycles. The third-order valence-corrected chi connectivity index (χ3v) is 6.74. The van der Waals surface area contributed by atoms with Gasteiger partial charge >= 0.3 is 11.9 Å². The van der Waals surface area contributed by atoms with E-state index in [-0.39, 0.29) is 0 Å². The van der Waals surface area contributed by atoms with Gasteiger partial charge in [-0.15, -0.1) is 0 Å². The molecule has 0 saturated carbocycles. The third kappa shape index (κ3) is 3.18. The van der Waals surface area contributed by atoms with Gasteiger partial charge in [0.25, 0.3) is 0 Å². The van der Waals surface area contributed by atoms with Crippen molar-refractivity contribution in [2.75, 3.05) is 12.0 Å². The van der Waals surface area contributed by atoms with E-state index in [2.05, 4.69) is 5.32 Å². The molecule has 166 valence electrons. The number of carbonyl (C=O) groups excluding carboxylic acids is 3. The van der Waals surface area contributed by atoms with Crippen LogP contribution in [0.4, 0.5) is 5.69 Å². The summed E-state index contributed by atoms with van der Waals surface area (Å²) in [6.45, 7) is 3.21. The summed E-state index contributed by atoms with van der Waals surface area (Å²) < 4.78 is 4.70. The normalized spacial score (nSPS) is 26.9. The van der Waals surface area contributed by atoms with E-state index in [0.717, 1.165) is 10.5 Å². The van der Waals surface area contributed by atoms with Crippen molar-refractivity contribution in [3.8, 4) is 0 Å². The number of anilines is 1. The number of aliphatic carboxylic acids is 1. The van der Waals surface area contributed by atoms with E-state index in [1.54, 1.807) is 31.2 Å². The molecule has 4 atom stereocenters. The predicted molar refractivity (Wildman–Crippen MR) is 115 cm³/mol. The Bertz CT molecular complexity index is 1150. The molecule has 2 aromatic rings. The van der Waals surface area contributed by atoms with Crippen molar-refractivity contribution in [3.05, 3.63) is 64.2 Å². The maximum absolute atomic E-state index is 13.5. The monoisotopic (exact) mass is 456 g/mol. The lowest BCUT2D eigenvalue weighted by Crippen LogP contribution is -2.53. The molecule has 2 heterocycles. The number of hydrogen-bond acceptors (Lipinski definition) is 6. The lowest BCUT2D eigenvalue weighted by Gasteiger charge is -2.27. The van der Waals surface area contributed by atoms with E-state index in [1.165, 1.54) is 32.2 Å². The number of nitrogens with zero attached hydrogens (tertiary/aromatic N) is 1. The van der Waals surface area contributed by atoms with Crippen molar-refractivity contribution < 1.29 is 29.0 Å². The van der Waals surface area contributed by atoms with Crippen LogP contribution in [0.1, 0.15) is 34.5 Å². The van der Waals surface area contributed by atoms with Gasteiger partial charge < -0.3 is 9.84 Å². The summed E-state index contributed by atoms with van der Waals surface area (Å²) in [6, 6.07) is 10.4. The minimum atomic E-state index is -1.66. The van der Waals surface area contributed by atoms with Gasteiger partial charge in [0.1, 0.15) is 5.54 Å². The number of carbonyl (C=O) groups is 4. The zero-order valence-corrected chi connectivity index (χ0v) is 18.3. The van der Waals surface area contributed by atoms with Crippen molar-refractivity contribution in [3.63, 3.8) is 0 Å². The van der Waals surface area contributed by atoms with Gasteiger partial charge in [0.05, 0.1) is 30.2 Å². The van der Waals surface area contributed by atoms with E-state index in [9.17, 15) is 24.3 Å². The molecule has 2 fully saturated rings. The summed E-state index contributed by atoms with van der Waals surface area (Å²) in [7, 11) is 1.27. The highest BCUT2D eigenvalue weighted by molar-refractivity contribution is 6.32. The Morgan fingerprint density at radius 1 is 1.12 bits per heavy atom. The number of carboxylic acids is 1. The van der Waals surface area contributed by atoms with Crippen molar-refractivity contribution >= 4 is 41.0 Å². The fourth-order valence-electron chi connectivity index (χ4n) is 4.54. The van der Waals surface area contributed by atoms with Crippen molar-refractivity contribution in [1.82, 2.24) is 5.32 Å². The van der Waals surface area contributed by atoms with E-state index >= 15 is 0 Å². The van der Waals surface area contributed by atoms with Crippen LogP contribution in [-0.2, 0) is 19.1 Å². The van der Waals surface area contributed by atoms with Crippen LogP contribution in [0.2, 0.25) is 5.02 Å². The largest absolute Gasteiger partial charge is 0.480 e. The summed E-state index contributed by atoms with van der Waals surface area (Å²) in [5.41, 5.74) is 0.332. The highest BCUT2D eigenvalue weighted by atomic mass is 35.5. The zero-order valence-electron chi connectivity index (χ0n) is 17.6. The fourth-order valence-corrected chi connectivity index (χ4v) is 4.72. The Labute approximate surface area is 189 Å². The number of amides is 2. The van der Waals surface area contributed by atoms with Gasteiger partial charge in [-0.25, -0.2) is 9.69 Å². The third-order valence-electron chi connectivity index (χ3n) is 6.34. The minimum absolute atomic E-state index is 0.303. The average molecular weight is 457 g/mol. The quantitative estimate of drug-likeness (QED) is 0.537. The molecule has 2 aliphatic rings. The Hall–Kier alpha value is -3.23. The number of halogens is 1. The molecular weight excluding hydrogens is 436 g/mol. The van der Waals surface area contributed by atoms with Crippen LogP contribution < -0.4 is 10.2 Å². The number of hydrogen-bond donors (Lipinski definition) is 2. The number of esters is 1. The highest BCUT2D eigenvalue weighted by Crippen LogP contribution is 2.49. The molecule has 2 aromatic carbocycles. The van der Waals surface area contributed by atoms with Crippen LogP contribution >= 0.6 is 11.6 Å². The predicted octanol–water partition coefficient (Wildman–Crippen LogP) is 2.73. The number of aryl methyl sites for hydroxylation is 1. The fraction of sp³-hybridized carbons (Fsp3) is 0.304. The molecule has 0 bridgehead atoms. The van der Waals surface area contributed by atoms with Gasteiger partial charge in [-0.2, -0.15) is 0 Å². The van der Waals surface area contributed by atoms with Gasteiger partial charge in [-0.3, -0.25) is 19.7 Å².